The van der Waals surface area contributed by atoms with Crippen LogP contribution in [0.4, 0.5) is 5.69 Å². The van der Waals surface area contributed by atoms with Crippen molar-refractivity contribution in [3.63, 3.8) is 0 Å². The van der Waals surface area contributed by atoms with E-state index in [9.17, 15) is 15.1 Å². The number of hydroxylamine groups is 3. The van der Waals surface area contributed by atoms with E-state index in [2.05, 4.69) is 11.4 Å². The van der Waals surface area contributed by atoms with Gasteiger partial charge in [0.15, 0.2) is 0 Å². The van der Waals surface area contributed by atoms with Crippen LogP contribution < -0.4 is 5.32 Å². The van der Waals surface area contributed by atoms with Gasteiger partial charge in [0, 0.05) is 36.1 Å². The lowest BCUT2D eigenvalue weighted by Gasteiger charge is -2.58. The Balaban J connectivity index is 1.80. The van der Waals surface area contributed by atoms with Crippen LogP contribution in [0, 0.1) is 17.0 Å². The third-order valence-electron chi connectivity index (χ3n) is 7.31. The second-order valence-corrected chi connectivity index (χ2v) is 8.29. The van der Waals surface area contributed by atoms with Gasteiger partial charge in [0.1, 0.15) is 6.04 Å². The maximum absolute atomic E-state index is 13.7. The smallest absolute Gasteiger partial charge is 0.335 e. The zero-order valence-electron chi connectivity index (χ0n) is 15.1. The van der Waals surface area contributed by atoms with Crippen molar-refractivity contribution >= 4 is 11.7 Å². The molecule has 0 amide bonds. The highest BCUT2D eigenvalue weighted by atomic mass is 16.6. The second-order valence-electron chi connectivity index (χ2n) is 8.29. The van der Waals surface area contributed by atoms with Crippen molar-refractivity contribution in [2.24, 2.45) is 11.8 Å². The molecule has 0 saturated carbocycles. The van der Waals surface area contributed by atoms with Crippen LogP contribution in [-0.4, -0.2) is 48.1 Å². The van der Waals surface area contributed by atoms with Gasteiger partial charge in [-0.15, -0.1) is 0 Å². The molecule has 3 aliphatic heterocycles. The molecule has 2 N–H and O–H groups in total. The van der Waals surface area contributed by atoms with Crippen molar-refractivity contribution in [2.75, 3.05) is 25.5 Å². The van der Waals surface area contributed by atoms with Gasteiger partial charge in [-0.3, -0.25) is 0 Å². The number of para-hydroxylation sites is 1. The minimum absolute atomic E-state index is 0.109. The molecular formula is C20H24N2O4. The number of methoxy groups -OCH3 is 1. The molecule has 3 heterocycles. The van der Waals surface area contributed by atoms with Crippen LogP contribution in [0.1, 0.15) is 25.3 Å². The van der Waals surface area contributed by atoms with E-state index >= 15 is 0 Å². The third-order valence-corrected chi connectivity index (χ3v) is 7.31. The topological polar surface area (TPSA) is 81.6 Å². The summed E-state index contributed by atoms with van der Waals surface area (Å²) in [6.45, 7) is 2.62. The number of nitrogens with one attached hydrogen (secondary N) is 1. The molecule has 6 nitrogen and oxygen atoms in total. The molecule has 2 bridgehead atoms. The van der Waals surface area contributed by atoms with Gasteiger partial charge in [-0.25, -0.2) is 4.79 Å². The standard InChI is InChI=1S/C20H24N2O4/c1-11(23)13-10-22(25)8-7-20-14-5-3-4-6-15(14)21-18(20)17(19(24)26-2)12(13)9-16(20)22/h3-6,11-13,16,21,23H,7-10H2,1-2H3/t11-,12-,13-,16-,20+,22?/m0/s1. The predicted octanol–water partition coefficient (Wildman–Crippen LogP) is 1.89. The number of piperidine rings is 1. The molecule has 0 aromatic heterocycles. The van der Waals surface area contributed by atoms with Crippen molar-refractivity contribution in [2.45, 2.75) is 37.3 Å². The maximum atomic E-state index is 13.7. The number of aliphatic hydroxyl groups excluding tert-OH is 1. The molecule has 1 unspecified atom stereocenters. The molecule has 2 fully saturated rings. The molecule has 1 aromatic rings. The predicted molar refractivity (Wildman–Crippen MR) is 95.8 cm³/mol. The van der Waals surface area contributed by atoms with Crippen molar-refractivity contribution < 1.29 is 19.3 Å². The van der Waals surface area contributed by atoms with Gasteiger partial charge in [0.25, 0.3) is 0 Å². The summed E-state index contributed by atoms with van der Waals surface area (Å²) in [6.07, 6.45) is 0.713. The number of quaternary nitrogens is 1. The first-order chi connectivity index (χ1) is 12.4. The zero-order chi connectivity index (χ0) is 18.3. The Morgan fingerprint density at radius 3 is 2.96 bits per heavy atom. The van der Waals surface area contributed by atoms with Crippen LogP contribution in [0.5, 0.6) is 0 Å². The van der Waals surface area contributed by atoms with E-state index in [1.165, 1.54) is 7.11 Å². The SMILES string of the molecule is COC(=O)C1=C2Nc3ccccc3[C@@]23CC[N+]2([O-])C[C@@H]([C@H](C)O)[C@@H]1C[C@@H]32. The maximum Gasteiger partial charge on any atom is 0.335 e. The highest BCUT2D eigenvalue weighted by Crippen LogP contribution is 2.63. The highest BCUT2D eigenvalue weighted by Gasteiger charge is 2.68. The number of rotatable bonds is 2. The van der Waals surface area contributed by atoms with Gasteiger partial charge in [-0.2, -0.15) is 0 Å². The number of hydrogen-bond donors (Lipinski definition) is 2. The minimum atomic E-state index is -0.637. The van der Waals surface area contributed by atoms with E-state index in [1.54, 1.807) is 6.92 Å². The Bertz CT molecular complexity index is 835. The van der Waals surface area contributed by atoms with Crippen molar-refractivity contribution in [1.82, 2.24) is 0 Å². The molecule has 5 rings (SSSR count). The number of fused-ring (bicyclic) bond motifs is 2. The zero-order valence-corrected chi connectivity index (χ0v) is 15.1. The van der Waals surface area contributed by atoms with E-state index in [0.717, 1.165) is 23.4 Å². The molecule has 1 aliphatic carbocycles. The first-order valence-electron chi connectivity index (χ1n) is 9.37. The van der Waals surface area contributed by atoms with Crippen LogP contribution >= 0.6 is 0 Å². The fourth-order valence-electron chi connectivity index (χ4n) is 6.25. The number of carbonyl (C=O) groups excluding carboxylic acids is 1. The van der Waals surface area contributed by atoms with Crippen LogP contribution in [0.15, 0.2) is 35.5 Å². The summed E-state index contributed by atoms with van der Waals surface area (Å²) in [5.74, 6) is -0.714. The molecule has 1 spiro atoms. The summed E-state index contributed by atoms with van der Waals surface area (Å²) in [5.41, 5.74) is 3.18. The van der Waals surface area contributed by atoms with Gasteiger partial charge in [0.2, 0.25) is 0 Å². The lowest BCUT2D eigenvalue weighted by molar-refractivity contribution is -0.905. The molecule has 1 aromatic carbocycles. The molecule has 0 radical (unpaired) electrons. The molecule has 6 atom stereocenters. The molecule has 138 valence electrons. The molecule has 2 saturated heterocycles. The number of ether oxygens (including phenoxy) is 1. The normalized spacial score (nSPS) is 40.5. The van der Waals surface area contributed by atoms with Crippen molar-refractivity contribution in [1.29, 1.82) is 0 Å². The number of benzene rings is 1. The number of anilines is 1. The number of nitrogens with zero attached hydrogens (tertiary/aromatic N) is 1. The van der Waals surface area contributed by atoms with Crippen LogP contribution in [0.3, 0.4) is 0 Å². The summed E-state index contributed by atoms with van der Waals surface area (Å²) in [6, 6.07) is 7.96. The average molecular weight is 356 g/mol. The van der Waals surface area contributed by atoms with Gasteiger partial charge in [0.05, 0.1) is 37.3 Å². The van der Waals surface area contributed by atoms with E-state index in [-0.39, 0.29) is 28.5 Å². The highest BCUT2D eigenvalue weighted by molar-refractivity contribution is 5.93. The number of hydrogen-bond acceptors (Lipinski definition) is 5. The number of carbonyl (C=O) groups is 1. The van der Waals surface area contributed by atoms with Gasteiger partial charge in [-0.05, 0) is 18.6 Å². The van der Waals surface area contributed by atoms with Gasteiger partial charge in [-0.1, -0.05) is 18.2 Å². The Hall–Kier alpha value is -1.89. The van der Waals surface area contributed by atoms with Crippen LogP contribution in [-0.2, 0) is 14.9 Å². The summed E-state index contributed by atoms with van der Waals surface area (Å²) >= 11 is 0. The summed E-state index contributed by atoms with van der Waals surface area (Å²) < 4.78 is 4.88. The summed E-state index contributed by atoms with van der Waals surface area (Å²) in [5, 5.41) is 27.6. The Kier molecular flexibility index (Phi) is 3.19. The first kappa shape index (κ1) is 16.3. The lowest BCUT2D eigenvalue weighted by Crippen LogP contribution is -2.64. The lowest BCUT2D eigenvalue weighted by atomic mass is 9.60. The fourth-order valence-corrected chi connectivity index (χ4v) is 6.25. The van der Waals surface area contributed by atoms with Crippen molar-refractivity contribution in [3.8, 4) is 0 Å². The van der Waals surface area contributed by atoms with E-state index in [0.29, 0.717) is 25.1 Å². The van der Waals surface area contributed by atoms with Crippen LogP contribution in [0.25, 0.3) is 0 Å². The monoisotopic (exact) mass is 356 g/mol. The van der Waals surface area contributed by atoms with E-state index in [1.807, 2.05) is 18.2 Å². The van der Waals surface area contributed by atoms with E-state index in [4.69, 9.17) is 4.74 Å². The average Bonchev–Trinajstić information content (AvgIpc) is 3.14. The largest absolute Gasteiger partial charge is 0.633 e. The quantitative estimate of drug-likeness (QED) is 0.480. The van der Waals surface area contributed by atoms with E-state index < -0.39 is 11.5 Å². The van der Waals surface area contributed by atoms with Gasteiger partial charge < -0.3 is 25.0 Å². The van der Waals surface area contributed by atoms with Gasteiger partial charge >= 0.3 is 5.97 Å². The Morgan fingerprint density at radius 2 is 2.23 bits per heavy atom. The molecular weight excluding hydrogens is 332 g/mol. The fraction of sp³-hybridized carbons (Fsp3) is 0.550. The Labute approximate surface area is 152 Å². The molecule has 4 aliphatic rings. The Morgan fingerprint density at radius 1 is 1.46 bits per heavy atom. The van der Waals surface area contributed by atoms with Crippen LogP contribution in [0.2, 0.25) is 0 Å². The molecule has 26 heavy (non-hydrogen) atoms. The summed E-state index contributed by atoms with van der Waals surface area (Å²) in [4.78, 5) is 12.8. The number of esters is 1. The molecule has 6 heteroatoms. The van der Waals surface area contributed by atoms with Crippen molar-refractivity contribution in [3.05, 3.63) is 46.3 Å². The second kappa shape index (κ2) is 5.09. The number of aliphatic hydroxyl groups is 1. The minimum Gasteiger partial charge on any atom is -0.633 e. The first-order valence-corrected chi connectivity index (χ1v) is 9.37. The summed E-state index contributed by atoms with van der Waals surface area (Å²) in [7, 11) is 1.40. The third kappa shape index (κ3) is 1.75.